The highest BCUT2D eigenvalue weighted by Gasteiger charge is 2.38. The number of rotatable bonds is 3. The second-order valence-electron chi connectivity index (χ2n) is 3.96. The van der Waals surface area contributed by atoms with E-state index in [0.29, 0.717) is 21.6 Å². The molecule has 0 aliphatic rings. The third-order valence-electron chi connectivity index (χ3n) is 2.86. The Kier molecular flexibility index (Phi) is 3.62. The van der Waals surface area contributed by atoms with Crippen LogP contribution >= 0.6 is 0 Å². The van der Waals surface area contributed by atoms with E-state index < -0.39 is 12.0 Å². The summed E-state index contributed by atoms with van der Waals surface area (Å²) in [5.41, 5.74) is 0.922. The molecule has 1 aromatic carbocycles. The van der Waals surface area contributed by atoms with Crippen LogP contribution in [0.4, 0.5) is 13.2 Å². The van der Waals surface area contributed by atoms with E-state index in [2.05, 4.69) is 15.5 Å². The maximum Gasteiger partial charge on any atom is 0.453 e. The number of halogens is 3. The SMILES string of the molecule is COc1ccc(-n2nnnc2C(F)(F)F)c(C)c1CO. The topological polar surface area (TPSA) is 73.1 Å². The number of hydrogen-bond donors (Lipinski definition) is 1. The first-order valence-electron chi connectivity index (χ1n) is 5.53. The van der Waals surface area contributed by atoms with Gasteiger partial charge in [-0.3, -0.25) is 0 Å². The lowest BCUT2D eigenvalue weighted by atomic mass is 10.1. The van der Waals surface area contributed by atoms with Crippen LogP contribution in [0, 0.1) is 6.92 Å². The fourth-order valence-electron chi connectivity index (χ4n) is 1.86. The van der Waals surface area contributed by atoms with Gasteiger partial charge in [0.2, 0.25) is 0 Å². The van der Waals surface area contributed by atoms with E-state index in [0.717, 1.165) is 0 Å². The molecular formula is C11H11F3N4O2. The predicted molar refractivity (Wildman–Crippen MR) is 61.4 cm³/mol. The van der Waals surface area contributed by atoms with Crippen LogP contribution in [0.15, 0.2) is 12.1 Å². The lowest BCUT2D eigenvalue weighted by molar-refractivity contribution is -0.146. The van der Waals surface area contributed by atoms with E-state index in [-0.39, 0.29) is 12.3 Å². The summed E-state index contributed by atoms with van der Waals surface area (Å²) >= 11 is 0. The number of aromatic nitrogens is 4. The Hall–Kier alpha value is -2.16. The molecule has 0 fully saturated rings. The number of aliphatic hydroxyl groups excluding tert-OH is 1. The largest absolute Gasteiger partial charge is 0.496 e. The van der Waals surface area contributed by atoms with Gasteiger partial charge in [0, 0.05) is 5.56 Å². The quantitative estimate of drug-likeness (QED) is 0.926. The summed E-state index contributed by atoms with van der Waals surface area (Å²) in [5.74, 6) is -0.843. The van der Waals surface area contributed by atoms with Crippen molar-refractivity contribution in [2.24, 2.45) is 0 Å². The number of aliphatic hydroxyl groups is 1. The average molecular weight is 288 g/mol. The maximum absolute atomic E-state index is 12.8. The van der Waals surface area contributed by atoms with E-state index in [9.17, 15) is 18.3 Å². The third kappa shape index (κ3) is 2.31. The van der Waals surface area contributed by atoms with E-state index in [4.69, 9.17) is 4.74 Å². The van der Waals surface area contributed by atoms with Gasteiger partial charge in [-0.2, -0.15) is 17.9 Å². The van der Waals surface area contributed by atoms with E-state index in [1.807, 2.05) is 0 Å². The van der Waals surface area contributed by atoms with Gasteiger partial charge in [-0.1, -0.05) is 0 Å². The molecule has 2 aromatic rings. The zero-order valence-corrected chi connectivity index (χ0v) is 10.6. The van der Waals surface area contributed by atoms with Gasteiger partial charge in [-0.25, -0.2) is 0 Å². The minimum Gasteiger partial charge on any atom is -0.496 e. The molecule has 2 rings (SSSR count). The normalized spacial score (nSPS) is 11.7. The van der Waals surface area contributed by atoms with Gasteiger partial charge in [0.15, 0.2) is 0 Å². The number of hydrogen-bond acceptors (Lipinski definition) is 5. The number of benzene rings is 1. The zero-order valence-electron chi connectivity index (χ0n) is 10.6. The summed E-state index contributed by atoms with van der Waals surface area (Å²) in [6.45, 7) is 1.19. The summed E-state index contributed by atoms with van der Waals surface area (Å²) in [4.78, 5) is 0. The van der Waals surface area contributed by atoms with Crippen LogP contribution in [-0.4, -0.2) is 32.4 Å². The third-order valence-corrected chi connectivity index (χ3v) is 2.86. The highest BCUT2D eigenvalue weighted by Crippen LogP contribution is 2.32. The fourth-order valence-corrected chi connectivity index (χ4v) is 1.86. The monoisotopic (exact) mass is 288 g/mol. The van der Waals surface area contributed by atoms with Crippen molar-refractivity contribution in [1.82, 2.24) is 20.2 Å². The average Bonchev–Trinajstić information content (AvgIpc) is 2.87. The van der Waals surface area contributed by atoms with Crippen molar-refractivity contribution in [1.29, 1.82) is 0 Å². The van der Waals surface area contributed by atoms with Gasteiger partial charge in [0.05, 0.1) is 19.4 Å². The summed E-state index contributed by atoms with van der Waals surface area (Å²) in [6, 6.07) is 2.86. The Balaban J connectivity index is 2.63. The van der Waals surface area contributed by atoms with Crippen molar-refractivity contribution in [2.45, 2.75) is 19.7 Å². The minimum absolute atomic E-state index is 0.132. The molecule has 1 N–H and O–H groups in total. The van der Waals surface area contributed by atoms with E-state index >= 15 is 0 Å². The molecule has 1 heterocycles. The molecule has 0 saturated carbocycles. The molecular weight excluding hydrogens is 277 g/mol. The molecule has 0 radical (unpaired) electrons. The maximum atomic E-state index is 12.8. The Morgan fingerprint density at radius 2 is 2.05 bits per heavy atom. The van der Waals surface area contributed by atoms with Crippen molar-refractivity contribution in [3.8, 4) is 11.4 Å². The van der Waals surface area contributed by atoms with Crippen LogP contribution in [0.5, 0.6) is 5.75 Å². The summed E-state index contributed by atoms with van der Waals surface area (Å²) < 4.78 is 44.0. The first kappa shape index (κ1) is 14.3. The molecule has 0 aliphatic heterocycles. The van der Waals surface area contributed by atoms with Crippen molar-refractivity contribution in [3.05, 3.63) is 29.1 Å². The van der Waals surface area contributed by atoms with Crippen molar-refractivity contribution >= 4 is 0 Å². The number of methoxy groups -OCH3 is 1. The Morgan fingerprint density at radius 1 is 1.35 bits per heavy atom. The second kappa shape index (κ2) is 5.08. The van der Waals surface area contributed by atoms with E-state index in [1.165, 1.54) is 19.2 Å². The fraction of sp³-hybridized carbons (Fsp3) is 0.364. The summed E-state index contributed by atoms with van der Waals surface area (Å²) in [7, 11) is 1.41. The van der Waals surface area contributed by atoms with Gasteiger partial charge in [-0.15, -0.1) is 5.10 Å². The smallest absolute Gasteiger partial charge is 0.453 e. The van der Waals surface area contributed by atoms with Crippen molar-refractivity contribution in [2.75, 3.05) is 7.11 Å². The van der Waals surface area contributed by atoms with Crippen molar-refractivity contribution < 1.29 is 23.0 Å². The van der Waals surface area contributed by atoms with Gasteiger partial charge in [0.25, 0.3) is 5.82 Å². The van der Waals surface area contributed by atoms with Crippen LogP contribution in [0.1, 0.15) is 17.0 Å². The zero-order chi connectivity index (χ0) is 14.9. The molecule has 9 heteroatoms. The molecule has 0 unspecified atom stereocenters. The van der Waals surface area contributed by atoms with Crippen LogP contribution in [0.25, 0.3) is 5.69 Å². The molecule has 0 amide bonds. The molecule has 20 heavy (non-hydrogen) atoms. The molecule has 108 valence electrons. The van der Waals surface area contributed by atoms with Gasteiger partial charge in [-0.05, 0) is 35.0 Å². The molecule has 0 atom stereocenters. The molecule has 1 aromatic heterocycles. The number of tetrazole rings is 1. The Bertz CT molecular complexity index is 625. The van der Waals surface area contributed by atoms with E-state index in [1.54, 1.807) is 6.92 Å². The molecule has 0 aliphatic carbocycles. The molecule has 0 bridgehead atoms. The first-order valence-corrected chi connectivity index (χ1v) is 5.53. The number of nitrogens with zero attached hydrogens (tertiary/aromatic N) is 4. The number of alkyl halides is 3. The van der Waals surface area contributed by atoms with Gasteiger partial charge in [0.1, 0.15) is 5.75 Å². The lowest BCUT2D eigenvalue weighted by Crippen LogP contribution is -2.16. The standard InChI is InChI=1S/C11H11F3N4O2/c1-6-7(5-19)9(20-2)4-3-8(6)18-10(11(12,13)14)15-16-17-18/h3-4,19H,5H2,1-2H3. The van der Waals surface area contributed by atoms with Crippen LogP contribution in [0.2, 0.25) is 0 Å². The predicted octanol–water partition coefficient (Wildman–Crippen LogP) is 1.49. The highest BCUT2D eigenvalue weighted by atomic mass is 19.4. The number of ether oxygens (including phenoxy) is 1. The molecule has 6 nitrogen and oxygen atoms in total. The summed E-state index contributed by atoms with van der Waals surface area (Å²) in [5, 5.41) is 18.7. The first-order chi connectivity index (χ1) is 9.40. The van der Waals surface area contributed by atoms with Crippen LogP contribution in [0.3, 0.4) is 0 Å². The highest BCUT2D eigenvalue weighted by molar-refractivity contribution is 5.51. The van der Waals surface area contributed by atoms with Crippen molar-refractivity contribution in [3.63, 3.8) is 0 Å². The van der Waals surface area contributed by atoms with Gasteiger partial charge < -0.3 is 9.84 Å². The second-order valence-corrected chi connectivity index (χ2v) is 3.96. The summed E-state index contributed by atoms with van der Waals surface area (Å²) in [6.07, 6.45) is -4.67. The molecule has 0 spiro atoms. The van der Waals surface area contributed by atoms with Crippen LogP contribution < -0.4 is 4.74 Å². The molecule has 0 saturated heterocycles. The Labute approximate surface area is 111 Å². The lowest BCUT2D eigenvalue weighted by Gasteiger charge is -2.14. The Morgan fingerprint density at radius 3 is 2.60 bits per heavy atom. The minimum atomic E-state index is -4.67. The van der Waals surface area contributed by atoms with Crippen LogP contribution in [-0.2, 0) is 12.8 Å². The van der Waals surface area contributed by atoms with Gasteiger partial charge >= 0.3 is 6.18 Å².